The van der Waals surface area contributed by atoms with Crippen LogP contribution in [0.3, 0.4) is 0 Å². The summed E-state index contributed by atoms with van der Waals surface area (Å²) in [4.78, 5) is 24.8. The highest BCUT2D eigenvalue weighted by molar-refractivity contribution is 5.88. The molecule has 2 aromatic rings. The maximum atomic E-state index is 11.4. The Morgan fingerprint density at radius 1 is 1.19 bits per heavy atom. The van der Waals surface area contributed by atoms with E-state index in [1.165, 1.54) is 22.3 Å². The van der Waals surface area contributed by atoms with E-state index in [9.17, 15) is 14.7 Å². The standard InChI is InChI=1S/C27H33NO3/c1-20(19-29)8-5-6-16-28(17-15-22-10-4-3-9-21(22)2)26-12-7-11-23-18-24(27(30)31)13-14-25(23)26/h3-4,9-10,13-14,18-19,26H,1,5-8,11-12,15-17H2,2H3,(H,30,31). The van der Waals surface area contributed by atoms with E-state index < -0.39 is 5.97 Å². The van der Waals surface area contributed by atoms with Crippen LogP contribution in [-0.2, 0) is 17.6 Å². The molecule has 1 N–H and O–H groups in total. The van der Waals surface area contributed by atoms with Crippen molar-refractivity contribution in [1.29, 1.82) is 0 Å². The first kappa shape index (κ1) is 23.0. The zero-order chi connectivity index (χ0) is 22.2. The number of carbonyl (C=O) groups excluding carboxylic acids is 1. The molecule has 0 heterocycles. The van der Waals surface area contributed by atoms with Gasteiger partial charge >= 0.3 is 5.97 Å². The number of aromatic carboxylic acids is 1. The second-order valence-electron chi connectivity index (χ2n) is 8.57. The highest BCUT2D eigenvalue weighted by atomic mass is 16.4. The van der Waals surface area contributed by atoms with Gasteiger partial charge in [-0.2, -0.15) is 0 Å². The predicted molar refractivity (Wildman–Crippen MR) is 125 cm³/mol. The van der Waals surface area contributed by atoms with Gasteiger partial charge in [-0.3, -0.25) is 9.69 Å². The van der Waals surface area contributed by atoms with Crippen molar-refractivity contribution in [2.24, 2.45) is 0 Å². The van der Waals surface area contributed by atoms with E-state index in [4.69, 9.17) is 0 Å². The first-order valence-electron chi connectivity index (χ1n) is 11.3. The molecule has 0 aliphatic heterocycles. The molecule has 2 aromatic carbocycles. The van der Waals surface area contributed by atoms with Gasteiger partial charge in [0.2, 0.25) is 0 Å². The fraction of sp³-hybridized carbons (Fsp3) is 0.407. The molecule has 1 unspecified atom stereocenters. The van der Waals surface area contributed by atoms with Crippen LogP contribution in [0.5, 0.6) is 0 Å². The second-order valence-corrected chi connectivity index (χ2v) is 8.57. The second kappa shape index (κ2) is 11.1. The molecule has 1 aliphatic rings. The van der Waals surface area contributed by atoms with Gasteiger partial charge in [0.15, 0.2) is 0 Å². The van der Waals surface area contributed by atoms with Gasteiger partial charge < -0.3 is 5.11 Å². The van der Waals surface area contributed by atoms with Crippen LogP contribution in [0.1, 0.15) is 70.8 Å². The highest BCUT2D eigenvalue weighted by Gasteiger charge is 2.26. The zero-order valence-electron chi connectivity index (χ0n) is 18.5. The van der Waals surface area contributed by atoms with Crippen LogP contribution in [0.4, 0.5) is 0 Å². The van der Waals surface area contributed by atoms with Gasteiger partial charge in [0, 0.05) is 12.6 Å². The lowest BCUT2D eigenvalue weighted by molar-refractivity contribution is -0.105. The van der Waals surface area contributed by atoms with Crippen molar-refractivity contribution in [3.05, 3.63) is 82.4 Å². The quantitative estimate of drug-likeness (QED) is 0.295. The fourth-order valence-electron chi connectivity index (χ4n) is 4.61. The summed E-state index contributed by atoms with van der Waals surface area (Å²) < 4.78 is 0. The lowest BCUT2D eigenvalue weighted by Crippen LogP contribution is -2.34. The van der Waals surface area contributed by atoms with Crippen molar-refractivity contribution >= 4 is 12.3 Å². The van der Waals surface area contributed by atoms with Crippen LogP contribution in [0, 0.1) is 6.92 Å². The van der Waals surface area contributed by atoms with Crippen LogP contribution >= 0.6 is 0 Å². The third-order valence-corrected chi connectivity index (χ3v) is 6.40. The van der Waals surface area contributed by atoms with Gasteiger partial charge in [0.1, 0.15) is 6.29 Å². The number of benzene rings is 2. The number of carboxylic acids is 1. The van der Waals surface area contributed by atoms with Gasteiger partial charge in [0.05, 0.1) is 5.56 Å². The Hall–Kier alpha value is -2.72. The van der Waals surface area contributed by atoms with Crippen molar-refractivity contribution in [2.45, 2.75) is 57.9 Å². The van der Waals surface area contributed by atoms with E-state index in [-0.39, 0.29) is 0 Å². The van der Waals surface area contributed by atoms with Crippen molar-refractivity contribution in [3.8, 4) is 0 Å². The Morgan fingerprint density at radius 3 is 2.74 bits per heavy atom. The summed E-state index contributed by atoms with van der Waals surface area (Å²) in [6.07, 6.45) is 7.67. The van der Waals surface area contributed by atoms with E-state index in [0.29, 0.717) is 17.2 Å². The molecule has 0 amide bonds. The van der Waals surface area contributed by atoms with E-state index in [2.05, 4.69) is 42.7 Å². The smallest absolute Gasteiger partial charge is 0.335 e. The minimum absolute atomic E-state index is 0.310. The van der Waals surface area contributed by atoms with E-state index in [1.54, 1.807) is 6.07 Å². The van der Waals surface area contributed by atoms with Gasteiger partial charge in [-0.25, -0.2) is 4.79 Å². The third-order valence-electron chi connectivity index (χ3n) is 6.40. The molecule has 1 aliphatic carbocycles. The molecule has 4 nitrogen and oxygen atoms in total. The number of hydrogen-bond donors (Lipinski definition) is 1. The van der Waals surface area contributed by atoms with Gasteiger partial charge in [-0.05, 0) is 98.4 Å². The lowest BCUT2D eigenvalue weighted by atomic mass is 9.85. The van der Waals surface area contributed by atoms with Crippen LogP contribution in [-0.4, -0.2) is 35.4 Å². The minimum atomic E-state index is -0.864. The number of aryl methyl sites for hydroxylation is 2. The largest absolute Gasteiger partial charge is 0.478 e. The van der Waals surface area contributed by atoms with Gasteiger partial charge in [-0.1, -0.05) is 36.9 Å². The average molecular weight is 420 g/mol. The lowest BCUT2D eigenvalue weighted by Gasteiger charge is -2.36. The molecule has 0 saturated carbocycles. The molecule has 0 spiro atoms. The highest BCUT2D eigenvalue weighted by Crippen LogP contribution is 2.35. The molecular formula is C27H33NO3. The first-order chi connectivity index (χ1) is 15.0. The molecular weight excluding hydrogens is 386 g/mol. The minimum Gasteiger partial charge on any atom is -0.478 e. The number of carboxylic acid groups (broad SMARTS) is 1. The number of nitrogens with zero attached hydrogens (tertiary/aromatic N) is 1. The monoisotopic (exact) mass is 419 g/mol. The number of hydrogen-bond acceptors (Lipinski definition) is 3. The van der Waals surface area contributed by atoms with E-state index in [1.807, 2.05) is 12.1 Å². The zero-order valence-corrected chi connectivity index (χ0v) is 18.5. The first-order valence-corrected chi connectivity index (χ1v) is 11.3. The average Bonchev–Trinajstić information content (AvgIpc) is 2.78. The predicted octanol–water partition coefficient (Wildman–Crippen LogP) is 5.54. The SMILES string of the molecule is C=C(C=O)CCCCN(CCc1ccccc1C)C1CCCc2cc(C(=O)O)ccc21. The normalized spacial score (nSPS) is 15.5. The van der Waals surface area contributed by atoms with Gasteiger partial charge in [0.25, 0.3) is 0 Å². The third kappa shape index (κ3) is 6.14. The Bertz CT molecular complexity index is 934. The Kier molecular flexibility index (Phi) is 8.19. The summed E-state index contributed by atoms with van der Waals surface area (Å²) in [5, 5.41) is 9.36. The van der Waals surface area contributed by atoms with Crippen molar-refractivity contribution in [3.63, 3.8) is 0 Å². The number of allylic oxidation sites excluding steroid dienone is 1. The number of rotatable bonds is 11. The molecule has 1 atom stereocenters. The summed E-state index contributed by atoms with van der Waals surface area (Å²) in [7, 11) is 0. The van der Waals surface area contributed by atoms with E-state index in [0.717, 1.165) is 64.3 Å². The molecule has 3 rings (SSSR count). The summed E-state index contributed by atoms with van der Waals surface area (Å²) in [5.74, 6) is -0.864. The van der Waals surface area contributed by atoms with Crippen LogP contribution in [0.25, 0.3) is 0 Å². The van der Waals surface area contributed by atoms with Crippen LogP contribution < -0.4 is 0 Å². The molecule has 0 saturated heterocycles. The molecule has 0 aromatic heterocycles. The molecule has 0 bridgehead atoms. The Labute approximate surface area is 185 Å². The van der Waals surface area contributed by atoms with Crippen molar-refractivity contribution in [2.75, 3.05) is 13.1 Å². The van der Waals surface area contributed by atoms with Crippen LogP contribution in [0.2, 0.25) is 0 Å². The maximum absolute atomic E-state index is 11.4. The number of carbonyl (C=O) groups is 2. The number of aldehydes is 1. The summed E-state index contributed by atoms with van der Waals surface area (Å²) in [6, 6.07) is 14.5. The molecule has 0 fully saturated rings. The molecule has 31 heavy (non-hydrogen) atoms. The van der Waals surface area contributed by atoms with Gasteiger partial charge in [-0.15, -0.1) is 0 Å². The summed E-state index contributed by atoms with van der Waals surface area (Å²) >= 11 is 0. The maximum Gasteiger partial charge on any atom is 0.335 e. The topological polar surface area (TPSA) is 57.6 Å². The van der Waals surface area contributed by atoms with Crippen molar-refractivity contribution in [1.82, 2.24) is 4.90 Å². The fourth-order valence-corrected chi connectivity index (χ4v) is 4.61. The molecule has 164 valence electrons. The number of unbranched alkanes of at least 4 members (excludes halogenated alkanes) is 1. The molecule has 4 heteroatoms. The Morgan fingerprint density at radius 2 is 2.00 bits per heavy atom. The number of fused-ring (bicyclic) bond motifs is 1. The van der Waals surface area contributed by atoms with Crippen LogP contribution in [0.15, 0.2) is 54.6 Å². The van der Waals surface area contributed by atoms with Crippen molar-refractivity contribution < 1.29 is 14.7 Å². The Balaban J connectivity index is 1.77. The molecule has 0 radical (unpaired) electrons. The summed E-state index contributed by atoms with van der Waals surface area (Å²) in [5.41, 5.74) is 6.18. The summed E-state index contributed by atoms with van der Waals surface area (Å²) in [6.45, 7) is 7.87. The van der Waals surface area contributed by atoms with E-state index >= 15 is 0 Å².